The SMILES string of the molecule is CC(C)Oc1cc(N2CCOCC2)ccc1N. The summed E-state index contributed by atoms with van der Waals surface area (Å²) in [6.07, 6.45) is 0.136. The molecule has 0 unspecified atom stereocenters. The van der Waals surface area contributed by atoms with Crippen molar-refractivity contribution in [3.8, 4) is 5.75 Å². The summed E-state index contributed by atoms with van der Waals surface area (Å²) >= 11 is 0. The first-order valence-corrected chi connectivity index (χ1v) is 6.05. The Morgan fingerprint density at radius 1 is 1.29 bits per heavy atom. The third kappa shape index (κ3) is 3.03. The predicted octanol–water partition coefficient (Wildman–Crippen LogP) is 1.89. The van der Waals surface area contributed by atoms with Crippen molar-refractivity contribution in [1.82, 2.24) is 0 Å². The van der Waals surface area contributed by atoms with Crippen molar-refractivity contribution in [3.63, 3.8) is 0 Å². The average molecular weight is 236 g/mol. The number of nitrogens with zero attached hydrogens (tertiary/aromatic N) is 1. The van der Waals surface area contributed by atoms with Crippen molar-refractivity contribution >= 4 is 11.4 Å². The van der Waals surface area contributed by atoms with Crippen molar-refractivity contribution in [2.45, 2.75) is 20.0 Å². The lowest BCUT2D eigenvalue weighted by molar-refractivity contribution is 0.122. The van der Waals surface area contributed by atoms with Crippen LogP contribution in [0.2, 0.25) is 0 Å². The molecule has 0 aliphatic carbocycles. The van der Waals surface area contributed by atoms with Gasteiger partial charge in [0.05, 0.1) is 25.0 Å². The maximum atomic E-state index is 5.90. The Labute approximate surface area is 102 Å². The van der Waals surface area contributed by atoms with Crippen molar-refractivity contribution in [2.75, 3.05) is 36.9 Å². The topological polar surface area (TPSA) is 47.7 Å². The minimum absolute atomic E-state index is 0.136. The van der Waals surface area contributed by atoms with Crippen molar-refractivity contribution in [1.29, 1.82) is 0 Å². The first-order chi connectivity index (χ1) is 8.16. The summed E-state index contributed by atoms with van der Waals surface area (Å²) in [5.74, 6) is 0.768. The Hall–Kier alpha value is -1.42. The van der Waals surface area contributed by atoms with Crippen LogP contribution in [0.5, 0.6) is 5.75 Å². The molecule has 2 rings (SSSR count). The van der Waals surface area contributed by atoms with Gasteiger partial charge in [-0.15, -0.1) is 0 Å². The van der Waals surface area contributed by atoms with E-state index in [-0.39, 0.29) is 6.10 Å². The number of nitrogen functional groups attached to an aromatic ring is 1. The van der Waals surface area contributed by atoms with E-state index >= 15 is 0 Å². The van der Waals surface area contributed by atoms with Crippen molar-refractivity contribution < 1.29 is 9.47 Å². The molecule has 1 aromatic carbocycles. The summed E-state index contributed by atoms with van der Waals surface area (Å²) < 4.78 is 11.0. The fourth-order valence-corrected chi connectivity index (χ4v) is 1.90. The van der Waals surface area contributed by atoms with E-state index in [1.54, 1.807) is 0 Å². The Balaban J connectivity index is 2.17. The minimum Gasteiger partial charge on any atom is -0.489 e. The first-order valence-electron chi connectivity index (χ1n) is 6.05. The van der Waals surface area contributed by atoms with E-state index in [9.17, 15) is 0 Å². The summed E-state index contributed by atoms with van der Waals surface area (Å²) in [5, 5.41) is 0. The van der Waals surface area contributed by atoms with Crippen LogP contribution in [0.15, 0.2) is 18.2 Å². The lowest BCUT2D eigenvalue weighted by Crippen LogP contribution is -2.36. The van der Waals surface area contributed by atoms with Gasteiger partial charge in [0.1, 0.15) is 5.75 Å². The first kappa shape index (κ1) is 12.0. The van der Waals surface area contributed by atoms with Crippen molar-refractivity contribution in [2.24, 2.45) is 0 Å². The highest BCUT2D eigenvalue weighted by atomic mass is 16.5. The number of nitrogens with two attached hydrogens (primary N) is 1. The molecule has 0 aromatic heterocycles. The summed E-state index contributed by atoms with van der Waals surface area (Å²) in [7, 11) is 0. The van der Waals surface area contributed by atoms with Gasteiger partial charge in [-0.3, -0.25) is 0 Å². The Morgan fingerprint density at radius 3 is 2.65 bits per heavy atom. The van der Waals surface area contributed by atoms with E-state index in [4.69, 9.17) is 15.2 Å². The largest absolute Gasteiger partial charge is 0.489 e. The van der Waals surface area contributed by atoms with Gasteiger partial charge < -0.3 is 20.1 Å². The van der Waals surface area contributed by atoms with E-state index in [2.05, 4.69) is 4.90 Å². The number of hydrogen-bond acceptors (Lipinski definition) is 4. The van der Waals surface area contributed by atoms with E-state index in [1.165, 1.54) is 0 Å². The van der Waals surface area contributed by atoms with Gasteiger partial charge in [-0.25, -0.2) is 0 Å². The second kappa shape index (κ2) is 5.27. The third-order valence-electron chi connectivity index (χ3n) is 2.74. The average Bonchev–Trinajstić information content (AvgIpc) is 2.32. The van der Waals surface area contributed by atoms with Gasteiger partial charge in [-0.05, 0) is 26.0 Å². The van der Waals surface area contributed by atoms with Gasteiger partial charge >= 0.3 is 0 Å². The highest BCUT2D eigenvalue weighted by Crippen LogP contribution is 2.28. The summed E-state index contributed by atoms with van der Waals surface area (Å²) in [6, 6.07) is 5.96. The van der Waals surface area contributed by atoms with Gasteiger partial charge in [-0.2, -0.15) is 0 Å². The Kier molecular flexibility index (Phi) is 3.74. The van der Waals surface area contributed by atoms with Crippen LogP contribution in [0.3, 0.4) is 0 Å². The standard InChI is InChI=1S/C13H20N2O2/c1-10(2)17-13-9-11(3-4-12(13)14)15-5-7-16-8-6-15/h3-4,9-10H,5-8,14H2,1-2H3. The molecule has 4 nitrogen and oxygen atoms in total. The number of hydrogen-bond donors (Lipinski definition) is 1. The second-order valence-corrected chi connectivity index (χ2v) is 4.49. The van der Waals surface area contributed by atoms with Gasteiger partial charge in [0.2, 0.25) is 0 Å². The van der Waals surface area contributed by atoms with Gasteiger partial charge in [-0.1, -0.05) is 0 Å². The molecule has 0 atom stereocenters. The van der Waals surface area contributed by atoms with Gasteiger partial charge in [0.25, 0.3) is 0 Å². The van der Waals surface area contributed by atoms with Gasteiger partial charge in [0.15, 0.2) is 0 Å². The molecule has 1 fully saturated rings. The lowest BCUT2D eigenvalue weighted by Gasteiger charge is -2.29. The zero-order chi connectivity index (χ0) is 12.3. The predicted molar refractivity (Wildman–Crippen MR) is 69.7 cm³/mol. The van der Waals surface area contributed by atoms with Gasteiger partial charge in [0, 0.05) is 24.8 Å². The molecule has 4 heteroatoms. The molecule has 0 radical (unpaired) electrons. The molecule has 1 saturated heterocycles. The van der Waals surface area contributed by atoms with E-state index < -0.39 is 0 Å². The normalized spacial score (nSPS) is 16.3. The number of benzene rings is 1. The van der Waals surface area contributed by atoms with Crippen LogP contribution in [0.25, 0.3) is 0 Å². The number of anilines is 2. The molecule has 0 amide bonds. The van der Waals surface area contributed by atoms with Crippen molar-refractivity contribution in [3.05, 3.63) is 18.2 Å². The molecule has 0 spiro atoms. The summed E-state index contributed by atoms with van der Waals surface area (Å²) in [4.78, 5) is 2.29. The highest BCUT2D eigenvalue weighted by Gasteiger charge is 2.13. The fourth-order valence-electron chi connectivity index (χ4n) is 1.90. The summed E-state index contributed by atoms with van der Waals surface area (Å²) in [5.41, 5.74) is 7.74. The monoisotopic (exact) mass is 236 g/mol. The summed E-state index contributed by atoms with van der Waals surface area (Å²) in [6.45, 7) is 7.41. The maximum absolute atomic E-state index is 5.90. The molecule has 1 aliphatic heterocycles. The molecule has 1 heterocycles. The smallest absolute Gasteiger partial charge is 0.144 e. The molecule has 0 saturated carbocycles. The number of ether oxygens (including phenoxy) is 2. The molecular formula is C13H20N2O2. The van der Waals surface area contributed by atoms with Crippen LogP contribution in [-0.2, 0) is 4.74 Å². The molecule has 0 bridgehead atoms. The Morgan fingerprint density at radius 2 is 2.00 bits per heavy atom. The highest BCUT2D eigenvalue weighted by molar-refractivity contribution is 5.62. The third-order valence-corrected chi connectivity index (χ3v) is 2.74. The van der Waals surface area contributed by atoms with Crippen LogP contribution >= 0.6 is 0 Å². The number of morpholine rings is 1. The van der Waals surface area contributed by atoms with Crippen LogP contribution < -0.4 is 15.4 Å². The van der Waals surface area contributed by atoms with E-state index in [1.807, 2.05) is 32.0 Å². The zero-order valence-electron chi connectivity index (χ0n) is 10.5. The van der Waals surface area contributed by atoms with Crippen LogP contribution in [0, 0.1) is 0 Å². The zero-order valence-corrected chi connectivity index (χ0v) is 10.5. The second-order valence-electron chi connectivity index (χ2n) is 4.49. The van der Waals surface area contributed by atoms with Crippen LogP contribution in [-0.4, -0.2) is 32.4 Å². The van der Waals surface area contributed by atoms with Crippen LogP contribution in [0.4, 0.5) is 11.4 Å². The fraction of sp³-hybridized carbons (Fsp3) is 0.538. The molecule has 1 aliphatic rings. The quantitative estimate of drug-likeness (QED) is 0.814. The minimum atomic E-state index is 0.136. The van der Waals surface area contributed by atoms with Crippen LogP contribution in [0.1, 0.15) is 13.8 Å². The Bertz CT molecular complexity index is 374. The van der Waals surface area contributed by atoms with E-state index in [0.29, 0.717) is 5.69 Å². The molecular weight excluding hydrogens is 216 g/mol. The molecule has 94 valence electrons. The molecule has 17 heavy (non-hydrogen) atoms. The molecule has 2 N–H and O–H groups in total. The maximum Gasteiger partial charge on any atom is 0.144 e. The number of rotatable bonds is 3. The lowest BCUT2D eigenvalue weighted by atomic mass is 10.2. The van der Waals surface area contributed by atoms with E-state index in [0.717, 1.165) is 37.7 Å². The molecule has 1 aromatic rings.